The molecule has 2 heterocycles. The second-order valence-electron chi connectivity index (χ2n) is 5.97. The van der Waals surface area contributed by atoms with Gasteiger partial charge in [0.2, 0.25) is 0 Å². The van der Waals surface area contributed by atoms with E-state index in [0.29, 0.717) is 38.2 Å². The van der Waals surface area contributed by atoms with Crippen LogP contribution in [0, 0.1) is 11.3 Å². The van der Waals surface area contributed by atoms with E-state index in [-0.39, 0.29) is 16.8 Å². The molecule has 0 aliphatic carbocycles. The van der Waals surface area contributed by atoms with Crippen molar-refractivity contribution in [3.05, 3.63) is 74.6 Å². The molecule has 28 heavy (non-hydrogen) atoms. The lowest BCUT2D eigenvalue weighted by atomic mass is 10.1. The number of rotatable bonds is 3. The number of aromatic nitrogens is 3. The molecule has 2 aromatic carbocycles. The molecule has 0 amide bonds. The molecule has 0 spiro atoms. The Morgan fingerprint density at radius 3 is 2.71 bits per heavy atom. The maximum Gasteiger partial charge on any atom is 0.280 e. The molecule has 4 aromatic rings. The molecule has 0 atom stereocenters. The standard InChI is InChI=1S/C20H12Cl2N4O2/c1-28-13-4-2-3-11(7-13)16-10-24-19-15(9-23)18(25-26(19)20(16)27)14-6-5-12(21)8-17(14)22/h2-8,10,25H,1H3. The normalized spacial score (nSPS) is 10.8. The smallest absolute Gasteiger partial charge is 0.280 e. The van der Waals surface area contributed by atoms with Crippen molar-refractivity contribution in [1.29, 1.82) is 5.26 Å². The van der Waals surface area contributed by atoms with Crippen LogP contribution in [0.15, 0.2) is 53.5 Å². The van der Waals surface area contributed by atoms with Crippen molar-refractivity contribution in [2.75, 3.05) is 7.11 Å². The fraction of sp³-hybridized carbons (Fsp3) is 0.0500. The molecular weight excluding hydrogens is 399 g/mol. The largest absolute Gasteiger partial charge is 0.497 e. The zero-order valence-corrected chi connectivity index (χ0v) is 16.0. The number of methoxy groups -OCH3 is 1. The number of hydrogen-bond donors (Lipinski definition) is 1. The second-order valence-corrected chi connectivity index (χ2v) is 6.81. The van der Waals surface area contributed by atoms with Crippen LogP contribution in [0.25, 0.3) is 28.0 Å². The highest BCUT2D eigenvalue weighted by atomic mass is 35.5. The summed E-state index contributed by atoms with van der Waals surface area (Å²) in [6, 6.07) is 14.1. The van der Waals surface area contributed by atoms with Gasteiger partial charge in [0.15, 0.2) is 5.65 Å². The average Bonchev–Trinajstić information content (AvgIpc) is 3.07. The summed E-state index contributed by atoms with van der Waals surface area (Å²) in [4.78, 5) is 17.4. The molecule has 138 valence electrons. The number of benzene rings is 2. The molecule has 0 saturated heterocycles. The SMILES string of the molecule is COc1cccc(-c2cnc3c(C#N)c(-c4ccc(Cl)cc4Cl)[nH]n3c2=O)c1. The van der Waals surface area contributed by atoms with E-state index in [1.165, 1.54) is 10.7 Å². The lowest BCUT2D eigenvalue weighted by Crippen LogP contribution is -2.17. The minimum atomic E-state index is -0.342. The van der Waals surface area contributed by atoms with Gasteiger partial charge < -0.3 is 4.74 Å². The van der Waals surface area contributed by atoms with Gasteiger partial charge in [-0.1, -0.05) is 35.3 Å². The van der Waals surface area contributed by atoms with Crippen molar-refractivity contribution in [2.24, 2.45) is 0 Å². The van der Waals surface area contributed by atoms with Gasteiger partial charge in [-0.15, -0.1) is 0 Å². The first-order valence-corrected chi connectivity index (χ1v) is 8.92. The molecule has 1 N–H and O–H groups in total. The summed E-state index contributed by atoms with van der Waals surface area (Å²) < 4.78 is 6.46. The number of nitrogens with zero attached hydrogens (tertiary/aromatic N) is 3. The minimum absolute atomic E-state index is 0.221. The van der Waals surface area contributed by atoms with E-state index in [2.05, 4.69) is 16.2 Å². The number of aromatic amines is 1. The molecule has 0 aliphatic rings. The number of H-pyrrole nitrogens is 1. The van der Waals surface area contributed by atoms with Gasteiger partial charge in [-0.05, 0) is 35.9 Å². The van der Waals surface area contributed by atoms with Crippen molar-refractivity contribution in [3.8, 4) is 34.2 Å². The van der Waals surface area contributed by atoms with E-state index in [9.17, 15) is 10.1 Å². The van der Waals surface area contributed by atoms with Crippen LogP contribution in [0.4, 0.5) is 0 Å². The highest BCUT2D eigenvalue weighted by Gasteiger charge is 2.19. The van der Waals surface area contributed by atoms with Crippen molar-refractivity contribution < 1.29 is 4.74 Å². The Labute approximate surface area is 169 Å². The summed E-state index contributed by atoms with van der Waals surface area (Å²) in [6.45, 7) is 0. The van der Waals surface area contributed by atoms with Gasteiger partial charge in [0.1, 0.15) is 17.4 Å². The predicted octanol–water partition coefficient (Wildman–Crippen LogP) is 4.54. The van der Waals surface area contributed by atoms with Crippen LogP contribution in [0.3, 0.4) is 0 Å². The molecule has 0 saturated carbocycles. The second kappa shape index (κ2) is 7.04. The molecule has 6 nitrogen and oxygen atoms in total. The van der Waals surface area contributed by atoms with E-state index < -0.39 is 0 Å². The van der Waals surface area contributed by atoms with Gasteiger partial charge in [-0.3, -0.25) is 9.89 Å². The van der Waals surface area contributed by atoms with Gasteiger partial charge in [-0.2, -0.15) is 9.78 Å². The quantitative estimate of drug-likeness (QED) is 0.537. The number of hydrogen-bond acceptors (Lipinski definition) is 4. The molecule has 0 radical (unpaired) electrons. The van der Waals surface area contributed by atoms with Gasteiger partial charge >= 0.3 is 0 Å². The summed E-state index contributed by atoms with van der Waals surface area (Å²) in [5.74, 6) is 0.625. The van der Waals surface area contributed by atoms with Crippen molar-refractivity contribution >= 4 is 28.8 Å². The van der Waals surface area contributed by atoms with Crippen LogP contribution in [-0.2, 0) is 0 Å². The maximum atomic E-state index is 13.1. The fourth-order valence-electron chi connectivity index (χ4n) is 3.00. The fourth-order valence-corrected chi connectivity index (χ4v) is 3.50. The van der Waals surface area contributed by atoms with E-state index in [0.717, 1.165) is 0 Å². The molecule has 0 fully saturated rings. The monoisotopic (exact) mass is 410 g/mol. The van der Waals surface area contributed by atoms with E-state index in [1.54, 1.807) is 49.6 Å². The van der Waals surface area contributed by atoms with Crippen molar-refractivity contribution in [3.63, 3.8) is 0 Å². The average molecular weight is 411 g/mol. The number of nitrogens with one attached hydrogen (secondary N) is 1. The molecule has 0 bridgehead atoms. The first-order chi connectivity index (χ1) is 13.5. The zero-order valence-electron chi connectivity index (χ0n) is 14.5. The van der Waals surface area contributed by atoms with Gasteiger partial charge in [0.05, 0.1) is 23.4 Å². The molecule has 2 aromatic heterocycles. The van der Waals surface area contributed by atoms with Crippen LogP contribution in [0.2, 0.25) is 10.0 Å². The highest BCUT2D eigenvalue weighted by Crippen LogP contribution is 2.32. The molecule has 0 unspecified atom stereocenters. The van der Waals surface area contributed by atoms with Gasteiger partial charge in [0.25, 0.3) is 5.56 Å². The Kier molecular flexibility index (Phi) is 4.55. The Morgan fingerprint density at radius 1 is 1.18 bits per heavy atom. The lowest BCUT2D eigenvalue weighted by Gasteiger charge is -2.04. The predicted molar refractivity (Wildman–Crippen MR) is 108 cm³/mol. The van der Waals surface area contributed by atoms with Crippen molar-refractivity contribution in [1.82, 2.24) is 14.6 Å². The summed E-state index contributed by atoms with van der Waals surface area (Å²) >= 11 is 12.2. The van der Waals surface area contributed by atoms with Crippen molar-refractivity contribution in [2.45, 2.75) is 0 Å². The first-order valence-electron chi connectivity index (χ1n) is 8.17. The third-order valence-corrected chi connectivity index (χ3v) is 4.90. The van der Waals surface area contributed by atoms with E-state index >= 15 is 0 Å². The van der Waals surface area contributed by atoms with Crippen LogP contribution in [-0.4, -0.2) is 21.7 Å². The lowest BCUT2D eigenvalue weighted by molar-refractivity contribution is 0.415. The third kappa shape index (κ3) is 2.91. The third-order valence-electron chi connectivity index (χ3n) is 4.35. The number of halogens is 2. The van der Waals surface area contributed by atoms with E-state index in [1.807, 2.05) is 0 Å². The summed E-state index contributed by atoms with van der Waals surface area (Å²) in [7, 11) is 1.56. The van der Waals surface area contributed by atoms with Crippen LogP contribution in [0.1, 0.15) is 5.56 Å². The number of ether oxygens (including phenoxy) is 1. The number of nitriles is 1. The summed E-state index contributed by atoms with van der Waals surface area (Å²) in [6.07, 6.45) is 1.45. The molecule has 0 aliphatic heterocycles. The molecule has 4 rings (SSSR count). The van der Waals surface area contributed by atoms with Crippen LogP contribution in [0.5, 0.6) is 5.75 Å². The molecule has 8 heteroatoms. The Morgan fingerprint density at radius 2 is 2.00 bits per heavy atom. The van der Waals surface area contributed by atoms with E-state index in [4.69, 9.17) is 27.9 Å². The van der Waals surface area contributed by atoms with Gasteiger partial charge in [0, 0.05) is 16.8 Å². The summed E-state index contributed by atoms with van der Waals surface area (Å²) in [5.41, 5.74) is 2.08. The van der Waals surface area contributed by atoms with Crippen LogP contribution >= 0.6 is 23.2 Å². The summed E-state index contributed by atoms with van der Waals surface area (Å²) in [5, 5.41) is 13.4. The van der Waals surface area contributed by atoms with Gasteiger partial charge in [-0.25, -0.2) is 4.98 Å². The Hall–Kier alpha value is -3.27. The maximum absolute atomic E-state index is 13.1. The zero-order chi connectivity index (χ0) is 19.8. The Balaban J connectivity index is 1.97. The highest BCUT2D eigenvalue weighted by molar-refractivity contribution is 6.36. The number of fused-ring (bicyclic) bond motifs is 1. The topological polar surface area (TPSA) is 83.2 Å². The minimum Gasteiger partial charge on any atom is -0.497 e. The van der Waals surface area contributed by atoms with Crippen LogP contribution < -0.4 is 10.3 Å². The first kappa shape index (κ1) is 18.1. The Bertz CT molecular complexity index is 1320. The molecular formula is C20H12Cl2N4O2.